The molecule has 0 amide bonds. The van der Waals surface area contributed by atoms with Gasteiger partial charge in [0.15, 0.2) is 0 Å². The third kappa shape index (κ3) is 14.8. The Morgan fingerprint density at radius 1 is 0.636 bits per heavy atom. The quantitative estimate of drug-likeness (QED) is 0.220. The highest BCUT2D eigenvalue weighted by atomic mass is 79.9. The van der Waals surface area contributed by atoms with Crippen molar-refractivity contribution in [2.24, 2.45) is 17.8 Å². The van der Waals surface area contributed by atoms with E-state index in [1.165, 1.54) is 32.5 Å². The highest BCUT2D eigenvalue weighted by molar-refractivity contribution is 9.08. The van der Waals surface area contributed by atoms with E-state index in [9.17, 15) is 14.4 Å². The Morgan fingerprint density at radius 2 is 0.977 bits per heavy atom. The van der Waals surface area contributed by atoms with Crippen molar-refractivity contribution < 1.29 is 48.7 Å². The van der Waals surface area contributed by atoms with Crippen LogP contribution >= 0.6 is 15.9 Å². The van der Waals surface area contributed by atoms with Gasteiger partial charge < -0.3 is 34.3 Å². The van der Waals surface area contributed by atoms with Crippen LogP contribution in [0.1, 0.15) is 49.7 Å². The van der Waals surface area contributed by atoms with Crippen molar-refractivity contribution in [3.8, 4) is 0 Å². The van der Waals surface area contributed by atoms with Crippen molar-refractivity contribution in [3.05, 3.63) is 71.8 Å². The molecule has 0 radical (unpaired) electrons. The highest BCUT2D eigenvalue weighted by Crippen LogP contribution is 2.31. The van der Waals surface area contributed by atoms with Crippen molar-refractivity contribution in [1.82, 2.24) is 0 Å². The molecule has 0 aromatic heterocycles. The van der Waals surface area contributed by atoms with Crippen LogP contribution in [0.3, 0.4) is 0 Å². The Morgan fingerprint density at radius 3 is 1.27 bits per heavy atom. The molecule has 3 fully saturated rings. The molecule has 0 spiro atoms. The summed E-state index contributed by atoms with van der Waals surface area (Å²) in [5, 5.41) is 25.5. The smallest absolute Gasteiger partial charge is 0.308 e. The molecule has 2 aromatic rings. The average molecular weight is 684 g/mol. The fourth-order valence-electron chi connectivity index (χ4n) is 4.31. The van der Waals surface area contributed by atoms with Gasteiger partial charge in [0.25, 0.3) is 0 Å². The van der Waals surface area contributed by atoms with Gasteiger partial charge in [0.05, 0.1) is 64.0 Å². The number of hydrogen-bond donors (Lipinski definition) is 3. The molecule has 0 atom stereocenters. The van der Waals surface area contributed by atoms with Crippen LogP contribution in [0.25, 0.3) is 0 Å². The Balaban J connectivity index is 0.000000301. The Labute approximate surface area is 268 Å². The lowest BCUT2D eigenvalue weighted by Crippen LogP contribution is -2.36. The zero-order chi connectivity index (χ0) is 32.9. The van der Waals surface area contributed by atoms with Gasteiger partial charge in [-0.1, -0.05) is 76.6 Å². The molecule has 0 bridgehead atoms. The molecule has 0 unspecified atom stereocenters. The van der Waals surface area contributed by atoms with Crippen molar-refractivity contribution in [2.45, 2.75) is 68.8 Å². The number of aliphatic hydroxyl groups is 3. The van der Waals surface area contributed by atoms with E-state index >= 15 is 0 Å². The summed E-state index contributed by atoms with van der Waals surface area (Å²) in [5.41, 5.74) is 2.50. The number of benzene rings is 2. The fraction of sp³-hybridized carbons (Fsp3) is 0.545. The summed E-state index contributed by atoms with van der Waals surface area (Å²) in [5.74, 6) is -0.527. The number of aliphatic hydroxyl groups excluding tert-OH is 3. The van der Waals surface area contributed by atoms with Crippen LogP contribution in [0, 0.1) is 17.8 Å². The summed E-state index contributed by atoms with van der Waals surface area (Å²) in [4.78, 5) is 32.3. The average Bonchev–Trinajstić information content (AvgIpc) is 3.02. The van der Waals surface area contributed by atoms with Crippen LogP contribution < -0.4 is 0 Å². The highest BCUT2D eigenvalue weighted by Gasteiger charge is 2.36. The van der Waals surface area contributed by atoms with E-state index in [4.69, 9.17) is 20.1 Å². The van der Waals surface area contributed by atoms with Crippen molar-refractivity contribution in [3.63, 3.8) is 0 Å². The molecule has 3 saturated carbocycles. The molecular formula is C33H47BrO10. The number of rotatable bonds is 7. The number of alkyl halides is 1. The summed E-state index contributed by atoms with van der Waals surface area (Å²) in [7, 11) is 5.17. The third-order valence-corrected chi connectivity index (χ3v) is 7.90. The molecule has 0 aliphatic heterocycles. The molecule has 3 N–H and O–H groups in total. The first-order valence-electron chi connectivity index (χ1n) is 14.5. The van der Waals surface area contributed by atoms with Crippen LogP contribution in [0.2, 0.25) is 0 Å². The lowest BCUT2D eigenvalue weighted by atomic mass is 9.82. The van der Waals surface area contributed by atoms with E-state index in [0.29, 0.717) is 32.3 Å². The molecule has 0 saturated heterocycles. The van der Waals surface area contributed by atoms with Crippen molar-refractivity contribution in [2.75, 3.05) is 28.4 Å². The topological polar surface area (TPSA) is 149 Å². The van der Waals surface area contributed by atoms with Crippen molar-refractivity contribution >= 4 is 33.8 Å². The normalized spacial score (nSPS) is 23.9. The van der Waals surface area contributed by atoms with Gasteiger partial charge in [0, 0.05) is 12.4 Å². The maximum atomic E-state index is 11.1. The molecule has 3 aliphatic carbocycles. The van der Waals surface area contributed by atoms with Gasteiger partial charge in [-0.2, -0.15) is 0 Å². The van der Waals surface area contributed by atoms with Gasteiger partial charge in [-0.05, 0) is 49.7 Å². The molecule has 10 nitrogen and oxygen atoms in total. The van der Waals surface area contributed by atoms with E-state index in [2.05, 4.69) is 42.3 Å². The number of carbonyl (C=O) groups excluding carboxylic acids is 3. The monoisotopic (exact) mass is 682 g/mol. The zero-order valence-corrected chi connectivity index (χ0v) is 27.6. The molecule has 0 heterocycles. The summed E-state index contributed by atoms with van der Waals surface area (Å²) in [6.45, 7) is 0.624. The molecule has 11 heteroatoms. The molecule has 246 valence electrons. The van der Waals surface area contributed by atoms with Crippen molar-refractivity contribution in [1.29, 1.82) is 0 Å². The van der Waals surface area contributed by atoms with E-state index in [1.807, 2.05) is 48.5 Å². The van der Waals surface area contributed by atoms with Gasteiger partial charge in [-0.25, -0.2) is 0 Å². The summed E-state index contributed by atoms with van der Waals surface area (Å²) < 4.78 is 19.3. The molecule has 44 heavy (non-hydrogen) atoms. The van der Waals surface area contributed by atoms with Gasteiger partial charge >= 0.3 is 17.9 Å². The minimum absolute atomic E-state index is 0.0370. The lowest BCUT2D eigenvalue weighted by molar-refractivity contribution is -0.155. The maximum absolute atomic E-state index is 11.1. The van der Waals surface area contributed by atoms with Crippen LogP contribution in [0.15, 0.2) is 60.7 Å². The zero-order valence-electron chi connectivity index (χ0n) is 26.0. The van der Waals surface area contributed by atoms with E-state index in [1.54, 1.807) is 0 Å². The first kappa shape index (κ1) is 39.2. The van der Waals surface area contributed by atoms with Gasteiger partial charge in [-0.3, -0.25) is 14.4 Å². The number of methoxy groups -OCH3 is 3. The predicted molar refractivity (Wildman–Crippen MR) is 168 cm³/mol. The predicted octanol–water partition coefficient (Wildman–Crippen LogP) is 4.21. The first-order chi connectivity index (χ1) is 21.2. The second kappa shape index (κ2) is 22.6. The second-order valence-electron chi connectivity index (χ2n) is 10.4. The van der Waals surface area contributed by atoms with Crippen LogP contribution in [0.5, 0.6) is 0 Å². The number of hydrogen-bond acceptors (Lipinski definition) is 10. The van der Waals surface area contributed by atoms with E-state index < -0.39 is 0 Å². The fourth-order valence-corrected chi connectivity index (χ4v) is 4.68. The Hall–Kier alpha value is -2.83. The second-order valence-corrected chi connectivity index (χ2v) is 11.0. The van der Waals surface area contributed by atoms with E-state index in [0.717, 1.165) is 25.3 Å². The third-order valence-electron chi connectivity index (χ3n) is 7.25. The minimum atomic E-state index is -0.269. The molecule has 2 aromatic carbocycles. The molecule has 5 rings (SSSR count). The maximum Gasteiger partial charge on any atom is 0.308 e. The van der Waals surface area contributed by atoms with Crippen LogP contribution in [-0.4, -0.2) is 80.0 Å². The number of esters is 3. The van der Waals surface area contributed by atoms with Gasteiger partial charge in [0.1, 0.15) is 0 Å². The largest absolute Gasteiger partial charge is 0.469 e. The van der Waals surface area contributed by atoms with Gasteiger partial charge in [0.2, 0.25) is 0 Å². The number of ether oxygens (including phenoxy) is 4. The lowest BCUT2D eigenvalue weighted by Gasteiger charge is -2.32. The molecular weight excluding hydrogens is 636 g/mol. The van der Waals surface area contributed by atoms with E-state index in [-0.39, 0.29) is 54.0 Å². The summed E-state index contributed by atoms with van der Waals surface area (Å²) in [6, 6.07) is 20.3. The first-order valence-corrected chi connectivity index (χ1v) is 15.6. The standard InChI is InChI=1S/C13H16O3.C7H7Br.2C6H10O3.CH4O/c1-15-13(14)11-7-12(8-11)16-9-10-5-3-2-4-6-10;8-6-7-4-2-1-3-5-7;2*1-9-6(8)4-2-5(7)3-4;1-2/h2-6,11-12H,7-9H2,1H3;1-5H,6H2;2*4-5,7H,2-3H2,1H3;2H,1H3. The summed E-state index contributed by atoms with van der Waals surface area (Å²) >= 11 is 3.36. The van der Waals surface area contributed by atoms with Gasteiger partial charge in [-0.15, -0.1) is 0 Å². The Bertz CT molecular complexity index is 1020. The summed E-state index contributed by atoms with van der Waals surface area (Å²) in [6.07, 6.45) is 3.56. The van der Waals surface area contributed by atoms with Crippen LogP contribution in [-0.2, 0) is 45.3 Å². The molecule has 3 aliphatic rings. The SMILES string of the molecule is BrCc1ccccc1.CO.COC(=O)C1CC(O)C1.COC(=O)C1CC(O)C1.COC(=O)C1CC(OCc2ccccc2)C1. The Kier molecular flexibility index (Phi) is 20.2. The van der Waals surface area contributed by atoms with Crippen LogP contribution in [0.4, 0.5) is 0 Å². The minimum Gasteiger partial charge on any atom is -0.469 e. The number of carbonyl (C=O) groups is 3. The number of halogens is 1.